The average Bonchev–Trinajstić information content (AvgIpc) is 3.07. The van der Waals surface area contributed by atoms with E-state index < -0.39 is 0 Å². The van der Waals surface area contributed by atoms with Crippen LogP contribution in [0.4, 0.5) is 0 Å². The topological polar surface area (TPSA) is 73.0 Å². The quantitative estimate of drug-likeness (QED) is 0.786. The Morgan fingerprint density at radius 3 is 2.87 bits per heavy atom. The highest BCUT2D eigenvalue weighted by Gasteiger charge is 2.18. The second-order valence-corrected chi connectivity index (χ2v) is 5.47. The number of rotatable bonds is 5. The van der Waals surface area contributed by atoms with Gasteiger partial charge in [-0.05, 0) is 32.4 Å². The summed E-state index contributed by atoms with van der Waals surface area (Å²) in [5, 5.41) is 6.86. The first-order chi connectivity index (χ1) is 11.1. The third kappa shape index (κ3) is 2.84. The van der Waals surface area contributed by atoms with Gasteiger partial charge in [-0.15, -0.1) is 0 Å². The molecule has 0 atom stereocenters. The number of benzene rings is 1. The predicted octanol–water partition coefficient (Wildman–Crippen LogP) is 2.63. The summed E-state index contributed by atoms with van der Waals surface area (Å²) in [5.41, 5.74) is 3.30. The number of hydrogen-bond donors (Lipinski definition) is 1. The highest BCUT2D eigenvalue weighted by molar-refractivity contribution is 5.96. The van der Waals surface area contributed by atoms with E-state index in [-0.39, 0.29) is 5.91 Å². The Balaban J connectivity index is 1.70. The van der Waals surface area contributed by atoms with Crippen molar-refractivity contribution in [2.24, 2.45) is 0 Å². The van der Waals surface area contributed by atoms with Crippen molar-refractivity contribution >= 4 is 16.9 Å². The number of aryl methyl sites for hydroxylation is 3. The van der Waals surface area contributed by atoms with E-state index in [9.17, 15) is 4.79 Å². The Hall–Kier alpha value is -2.63. The lowest BCUT2D eigenvalue weighted by molar-refractivity contribution is 0.0950. The van der Waals surface area contributed by atoms with Crippen molar-refractivity contribution in [3.05, 3.63) is 47.1 Å². The average molecular weight is 312 g/mol. The van der Waals surface area contributed by atoms with Gasteiger partial charge in [0.25, 0.3) is 5.91 Å². The number of carbonyl (C=O) groups is 1. The number of nitrogens with one attached hydrogen (secondary N) is 1. The fourth-order valence-corrected chi connectivity index (χ4v) is 2.80. The Labute approximate surface area is 134 Å². The molecule has 0 radical (unpaired) electrons. The Morgan fingerprint density at radius 1 is 1.30 bits per heavy atom. The van der Waals surface area contributed by atoms with Crippen LogP contribution in [0.2, 0.25) is 0 Å². The van der Waals surface area contributed by atoms with Crippen LogP contribution in [0.15, 0.2) is 28.8 Å². The molecule has 1 amide bonds. The van der Waals surface area contributed by atoms with Crippen LogP contribution in [-0.4, -0.2) is 27.2 Å². The number of nitrogens with zero attached hydrogens (tertiary/aromatic N) is 3. The molecule has 120 valence electrons. The molecule has 0 aliphatic heterocycles. The van der Waals surface area contributed by atoms with E-state index in [1.54, 1.807) is 6.92 Å². The normalized spacial score (nSPS) is 11.1. The number of fused-ring (bicyclic) bond motifs is 1. The van der Waals surface area contributed by atoms with Crippen LogP contribution in [0.3, 0.4) is 0 Å². The third-order valence-electron chi connectivity index (χ3n) is 3.96. The molecule has 23 heavy (non-hydrogen) atoms. The van der Waals surface area contributed by atoms with E-state index in [1.807, 2.05) is 38.1 Å². The van der Waals surface area contributed by atoms with Crippen molar-refractivity contribution in [2.45, 2.75) is 33.7 Å². The van der Waals surface area contributed by atoms with Crippen molar-refractivity contribution in [3.63, 3.8) is 0 Å². The van der Waals surface area contributed by atoms with Crippen LogP contribution < -0.4 is 5.32 Å². The summed E-state index contributed by atoms with van der Waals surface area (Å²) in [6, 6.07) is 8.00. The monoisotopic (exact) mass is 312 g/mol. The fourth-order valence-electron chi connectivity index (χ4n) is 2.80. The van der Waals surface area contributed by atoms with Gasteiger partial charge in [-0.1, -0.05) is 24.2 Å². The maximum atomic E-state index is 12.3. The highest BCUT2D eigenvalue weighted by Crippen LogP contribution is 2.16. The van der Waals surface area contributed by atoms with Crippen LogP contribution in [0.25, 0.3) is 11.0 Å². The number of para-hydroxylation sites is 2. The molecular formula is C17H20N4O2. The van der Waals surface area contributed by atoms with Gasteiger partial charge in [0.05, 0.1) is 16.7 Å². The smallest absolute Gasteiger partial charge is 0.256 e. The number of hydrogen-bond acceptors (Lipinski definition) is 4. The minimum absolute atomic E-state index is 0.136. The first kappa shape index (κ1) is 15.3. The molecule has 0 fully saturated rings. The van der Waals surface area contributed by atoms with E-state index in [4.69, 9.17) is 4.52 Å². The van der Waals surface area contributed by atoms with E-state index in [0.717, 1.165) is 16.9 Å². The number of aromatic nitrogens is 3. The molecule has 6 nitrogen and oxygen atoms in total. The second-order valence-electron chi connectivity index (χ2n) is 5.47. The summed E-state index contributed by atoms with van der Waals surface area (Å²) in [6.07, 6.45) is 0.672. The van der Waals surface area contributed by atoms with Crippen molar-refractivity contribution in [3.8, 4) is 0 Å². The van der Waals surface area contributed by atoms with Crippen LogP contribution in [-0.2, 0) is 13.0 Å². The SMILES string of the molecule is CCc1noc(C)c1C(=O)NCCn1c(C)nc2ccccc21. The van der Waals surface area contributed by atoms with Gasteiger partial charge < -0.3 is 14.4 Å². The third-order valence-corrected chi connectivity index (χ3v) is 3.96. The molecule has 6 heteroatoms. The Morgan fingerprint density at radius 2 is 2.09 bits per heavy atom. The van der Waals surface area contributed by atoms with Gasteiger partial charge in [-0.25, -0.2) is 4.98 Å². The largest absolute Gasteiger partial charge is 0.361 e. The van der Waals surface area contributed by atoms with Gasteiger partial charge in [0.2, 0.25) is 0 Å². The summed E-state index contributed by atoms with van der Waals surface area (Å²) in [7, 11) is 0. The zero-order valence-corrected chi connectivity index (χ0v) is 13.6. The Kier molecular flexibility index (Phi) is 4.14. The van der Waals surface area contributed by atoms with Gasteiger partial charge in [-0.3, -0.25) is 4.79 Å². The zero-order chi connectivity index (χ0) is 16.4. The standard InChI is InChI=1S/C17H20N4O2/c1-4-13-16(11(2)23-20-13)17(22)18-9-10-21-12(3)19-14-7-5-6-8-15(14)21/h5-8H,4,9-10H2,1-3H3,(H,18,22). The lowest BCUT2D eigenvalue weighted by Crippen LogP contribution is -2.28. The molecule has 0 bridgehead atoms. The maximum Gasteiger partial charge on any atom is 0.256 e. The highest BCUT2D eigenvalue weighted by atomic mass is 16.5. The second kappa shape index (κ2) is 6.24. The molecule has 2 aromatic heterocycles. The molecule has 0 spiro atoms. The molecule has 3 aromatic rings. The molecule has 1 aromatic carbocycles. The Bertz CT molecular complexity index is 848. The van der Waals surface area contributed by atoms with Gasteiger partial charge in [0.15, 0.2) is 0 Å². The number of carbonyl (C=O) groups excluding carboxylic acids is 1. The van der Waals surface area contributed by atoms with Crippen LogP contribution >= 0.6 is 0 Å². The lowest BCUT2D eigenvalue weighted by Gasteiger charge is -2.08. The summed E-state index contributed by atoms with van der Waals surface area (Å²) < 4.78 is 7.22. The summed E-state index contributed by atoms with van der Waals surface area (Å²) >= 11 is 0. The maximum absolute atomic E-state index is 12.3. The van der Waals surface area contributed by atoms with E-state index in [1.165, 1.54) is 0 Å². The number of amides is 1. The molecule has 3 rings (SSSR count). The van der Waals surface area contributed by atoms with Gasteiger partial charge >= 0.3 is 0 Å². The first-order valence-corrected chi connectivity index (χ1v) is 7.77. The zero-order valence-electron chi connectivity index (χ0n) is 13.6. The van der Waals surface area contributed by atoms with E-state index in [0.29, 0.717) is 36.5 Å². The molecule has 2 heterocycles. The van der Waals surface area contributed by atoms with Crippen molar-refractivity contribution in [2.75, 3.05) is 6.54 Å². The van der Waals surface area contributed by atoms with Gasteiger partial charge in [0.1, 0.15) is 17.1 Å². The minimum atomic E-state index is -0.136. The van der Waals surface area contributed by atoms with Crippen molar-refractivity contribution in [1.29, 1.82) is 0 Å². The molecule has 0 saturated carbocycles. The van der Waals surface area contributed by atoms with Gasteiger partial charge in [-0.2, -0.15) is 0 Å². The van der Waals surface area contributed by atoms with E-state index in [2.05, 4.69) is 20.0 Å². The molecule has 0 saturated heterocycles. The number of imidazole rings is 1. The summed E-state index contributed by atoms with van der Waals surface area (Å²) in [5.74, 6) is 1.36. The summed E-state index contributed by atoms with van der Waals surface area (Å²) in [6.45, 7) is 6.88. The molecule has 1 N–H and O–H groups in total. The molecule has 0 aliphatic rings. The van der Waals surface area contributed by atoms with Crippen LogP contribution in [0, 0.1) is 13.8 Å². The molecule has 0 aliphatic carbocycles. The first-order valence-electron chi connectivity index (χ1n) is 7.77. The molecule has 0 unspecified atom stereocenters. The van der Waals surface area contributed by atoms with Crippen molar-refractivity contribution in [1.82, 2.24) is 20.0 Å². The fraction of sp³-hybridized carbons (Fsp3) is 0.353. The summed E-state index contributed by atoms with van der Waals surface area (Å²) in [4.78, 5) is 16.9. The van der Waals surface area contributed by atoms with Crippen LogP contribution in [0.5, 0.6) is 0 Å². The van der Waals surface area contributed by atoms with E-state index >= 15 is 0 Å². The van der Waals surface area contributed by atoms with Crippen LogP contribution in [0.1, 0.15) is 34.6 Å². The van der Waals surface area contributed by atoms with Gasteiger partial charge in [0, 0.05) is 13.1 Å². The molecular weight excluding hydrogens is 292 g/mol. The van der Waals surface area contributed by atoms with Crippen molar-refractivity contribution < 1.29 is 9.32 Å². The minimum Gasteiger partial charge on any atom is -0.361 e. The lowest BCUT2D eigenvalue weighted by atomic mass is 10.1. The predicted molar refractivity (Wildman–Crippen MR) is 87.4 cm³/mol.